The SMILES string of the molecule is O=C(CN(CCC1=CCCCC1)CC(=O)NNC(=O)c1ccc(Cl)cc1)NNC(=O)c1ccc(Cl)cc1. The van der Waals surface area contributed by atoms with E-state index in [9.17, 15) is 19.2 Å². The zero-order valence-corrected chi connectivity index (χ0v) is 21.7. The molecule has 9 nitrogen and oxygen atoms in total. The number of carbonyl (C=O) groups excluding carboxylic acids is 4. The van der Waals surface area contributed by atoms with Gasteiger partial charge in [0.2, 0.25) is 0 Å². The largest absolute Gasteiger partial charge is 0.285 e. The van der Waals surface area contributed by atoms with Crippen LogP contribution in [0.3, 0.4) is 0 Å². The van der Waals surface area contributed by atoms with Gasteiger partial charge < -0.3 is 0 Å². The lowest BCUT2D eigenvalue weighted by Crippen LogP contribution is -2.50. The van der Waals surface area contributed by atoms with E-state index >= 15 is 0 Å². The molecule has 0 bridgehead atoms. The van der Waals surface area contributed by atoms with Gasteiger partial charge in [0.25, 0.3) is 23.6 Å². The molecule has 0 heterocycles. The van der Waals surface area contributed by atoms with Crippen molar-refractivity contribution in [3.05, 3.63) is 81.4 Å². The van der Waals surface area contributed by atoms with Gasteiger partial charge in [0.1, 0.15) is 0 Å². The fraction of sp³-hybridized carbons (Fsp3) is 0.308. The van der Waals surface area contributed by atoms with Gasteiger partial charge in [-0.1, -0.05) is 34.9 Å². The highest BCUT2D eigenvalue weighted by Crippen LogP contribution is 2.20. The summed E-state index contributed by atoms with van der Waals surface area (Å²) >= 11 is 11.7. The maximum atomic E-state index is 12.5. The zero-order chi connectivity index (χ0) is 26.6. The number of hydrogen-bond acceptors (Lipinski definition) is 5. The van der Waals surface area contributed by atoms with Crippen LogP contribution >= 0.6 is 23.2 Å². The van der Waals surface area contributed by atoms with Crippen LogP contribution in [0.2, 0.25) is 10.0 Å². The molecule has 0 unspecified atom stereocenters. The number of nitrogens with one attached hydrogen (secondary N) is 4. The molecular formula is C26H29Cl2N5O4. The number of amides is 4. The van der Waals surface area contributed by atoms with E-state index < -0.39 is 23.6 Å². The molecule has 3 rings (SSSR count). The zero-order valence-electron chi connectivity index (χ0n) is 20.2. The number of nitrogens with zero attached hydrogens (tertiary/aromatic N) is 1. The van der Waals surface area contributed by atoms with E-state index in [0.717, 1.165) is 25.7 Å². The third kappa shape index (κ3) is 9.87. The maximum Gasteiger partial charge on any atom is 0.269 e. The van der Waals surface area contributed by atoms with Crippen LogP contribution in [0.4, 0.5) is 0 Å². The molecule has 0 spiro atoms. The van der Waals surface area contributed by atoms with Crippen LogP contribution < -0.4 is 21.7 Å². The molecule has 0 aromatic heterocycles. The Labute approximate surface area is 225 Å². The van der Waals surface area contributed by atoms with Crippen molar-refractivity contribution in [3.63, 3.8) is 0 Å². The minimum atomic E-state index is -0.494. The van der Waals surface area contributed by atoms with Crippen molar-refractivity contribution in [2.45, 2.75) is 32.1 Å². The van der Waals surface area contributed by atoms with Crippen LogP contribution in [-0.2, 0) is 9.59 Å². The Kier molecular flexibility index (Phi) is 10.9. The van der Waals surface area contributed by atoms with E-state index in [4.69, 9.17) is 23.2 Å². The van der Waals surface area contributed by atoms with Gasteiger partial charge >= 0.3 is 0 Å². The molecular weight excluding hydrogens is 517 g/mol. The van der Waals surface area contributed by atoms with Crippen molar-refractivity contribution >= 4 is 46.8 Å². The Morgan fingerprint density at radius 1 is 0.703 bits per heavy atom. The summed E-state index contributed by atoms with van der Waals surface area (Å²) in [7, 11) is 0. The molecule has 0 saturated heterocycles. The minimum Gasteiger partial charge on any atom is -0.285 e. The van der Waals surface area contributed by atoms with Gasteiger partial charge in [-0.05, 0) is 80.6 Å². The highest BCUT2D eigenvalue weighted by Gasteiger charge is 2.17. The Morgan fingerprint density at radius 2 is 1.19 bits per heavy atom. The van der Waals surface area contributed by atoms with Crippen LogP contribution in [0.5, 0.6) is 0 Å². The molecule has 11 heteroatoms. The Balaban J connectivity index is 1.52. The molecule has 4 N–H and O–H groups in total. The van der Waals surface area contributed by atoms with Crippen molar-refractivity contribution in [2.24, 2.45) is 0 Å². The van der Waals surface area contributed by atoms with E-state index in [2.05, 4.69) is 27.8 Å². The monoisotopic (exact) mass is 545 g/mol. The number of carbonyl (C=O) groups is 4. The first kappa shape index (κ1) is 28.2. The molecule has 2 aromatic rings. The first-order valence-electron chi connectivity index (χ1n) is 11.9. The second-order valence-electron chi connectivity index (χ2n) is 8.59. The van der Waals surface area contributed by atoms with Gasteiger partial charge in [-0.15, -0.1) is 0 Å². The van der Waals surface area contributed by atoms with E-state index in [1.807, 2.05) is 0 Å². The first-order chi connectivity index (χ1) is 17.8. The Bertz CT molecular complexity index is 1060. The molecule has 0 saturated carbocycles. The molecule has 2 aromatic carbocycles. The fourth-order valence-electron chi connectivity index (χ4n) is 3.73. The van der Waals surface area contributed by atoms with E-state index in [0.29, 0.717) is 27.7 Å². The highest BCUT2D eigenvalue weighted by molar-refractivity contribution is 6.31. The second-order valence-corrected chi connectivity index (χ2v) is 9.46. The Morgan fingerprint density at radius 3 is 1.62 bits per heavy atom. The van der Waals surface area contributed by atoms with Crippen molar-refractivity contribution in [1.29, 1.82) is 0 Å². The van der Waals surface area contributed by atoms with Gasteiger partial charge in [-0.25, -0.2) is 0 Å². The summed E-state index contributed by atoms with van der Waals surface area (Å²) in [5, 5.41) is 0.985. The van der Waals surface area contributed by atoms with Crippen LogP contribution in [0.25, 0.3) is 0 Å². The quantitative estimate of drug-likeness (QED) is 0.284. The van der Waals surface area contributed by atoms with Gasteiger partial charge in [0, 0.05) is 27.7 Å². The average Bonchev–Trinajstić information content (AvgIpc) is 2.90. The topological polar surface area (TPSA) is 120 Å². The summed E-state index contributed by atoms with van der Waals surface area (Å²) in [6.07, 6.45) is 7.25. The van der Waals surface area contributed by atoms with Gasteiger partial charge in [-0.3, -0.25) is 45.8 Å². The third-order valence-corrected chi connectivity index (χ3v) is 6.22. The third-order valence-electron chi connectivity index (χ3n) is 5.71. The van der Waals surface area contributed by atoms with Gasteiger partial charge in [-0.2, -0.15) is 0 Å². The summed E-state index contributed by atoms with van der Waals surface area (Å²) in [5.74, 6) is -1.96. The lowest BCUT2D eigenvalue weighted by Gasteiger charge is -2.23. The van der Waals surface area contributed by atoms with Crippen LogP contribution in [-0.4, -0.2) is 48.2 Å². The molecule has 0 fully saturated rings. The minimum absolute atomic E-state index is 0.132. The smallest absolute Gasteiger partial charge is 0.269 e. The van der Waals surface area contributed by atoms with Gasteiger partial charge in [0.15, 0.2) is 0 Å². The van der Waals surface area contributed by atoms with E-state index in [1.54, 1.807) is 29.2 Å². The molecule has 0 aliphatic heterocycles. The average molecular weight is 546 g/mol. The summed E-state index contributed by atoms with van der Waals surface area (Å²) in [6, 6.07) is 12.4. The van der Waals surface area contributed by atoms with E-state index in [-0.39, 0.29) is 13.1 Å². The molecule has 0 radical (unpaired) electrons. The number of hydrazine groups is 2. The maximum absolute atomic E-state index is 12.5. The van der Waals surface area contributed by atoms with Crippen molar-refractivity contribution < 1.29 is 19.2 Å². The number of benzene rings is 2. The summed E-state index contributed by atoms with van der Waals surface area (Å²) < 4.78 is 0. The predicted octanol–water partition coefficient (Wildman–Crippen LogP) is 3.41. The van der Waals surface area contributed by atoms with Crippen LogP contribution in [0.1, 0.15) is 52.8 Å². The van der Waals surface area contributed by atoms with Crippen LogP contribution in [0.15, 0.2) is 60.2 Å². The first-order valence-corrected chi connectivity index (χ1v) is 12.7. The molecule has 0 atom stereocenters. The summed E-state index contributed by atoms with van der Waals surface area (Å²) in [6.45, 7) is 0.197. The van der Waals surface area contributed by atoms with Crippen molar-refractivity contribution in [2.75, 3.05) is 19.6 Å². The number of hydrogen-bond donors (Lipinski definition) is 4. The summed E-state index contributed by atoms with van der Waals surface area (Å²) in [5.41, 5.74) is 11.4. The molecule has 37 heavy (non-hydrogen) atoms. The highest BCUT2D eigenvalue weighted by atomic mass is 35.5. The molecule has 1 aliphatic rings. The number of rotatable bonds is 9. The number of allylic oxidation sites excluding steroid dienone is 1. The fourth-order valence-corrected chi connectivity index (χ4v) is 3.98. The lowest BCUT2D eigenvalue weighted by molar-refractivity contribution is -0.126. The standard InChI is InChI=1S/C26H29Cl2N5O4/c27-21-10-6-19(7-11-21)25(36)31-29-23(34)16-33(15-14-18-4-2-1-3-5-18)17-24(35)30-32-26(37)20-8-12-22(28)13-9-20/h4,6-13H,1-3,5,14-17H2,(H,29,34)(H,30,35)(H,31,36)(H,32,37). The summed E-state index contributed by atoms with van der Waals surface area (Å²) in [4.78, 5) is 51.2. The van der Waals surface area contributed by atoms with E-state index in [1.165, 1.54) is 36.3 Å². The number of halogens is 2. The van der Waals surface area contributed by atoms with Crippen LogP contribution in [0, 0.1) is 0 Å². The Hall–Kier alpha value is -3.40. The second kappa shape index (κ2) is 14.4. The predicted molar refractivity (Wildman–Crippen MR) is 142 cm³/mol. The normalized spacial score (nSPS) is 12.9. The van der Waals surface area contributed by atoms with Crippen molar-refractivity contribution in [1.82, 2.24) is 26.6 Å². The molecule has 1 aliphatic carbocycles. The molecule has 4 amide bonds. The van der Waals surface area contributed by atoms with Crippen molar-refractivity contribution in [3.8, 4) is 0 Å². The van der Waals surface area contributed by atoms with Gasteiger partial charge in [0.05, 0.1) is 13.1 Å². The lowest BCUT2D eigenvalue weighted by atomic mass is 9.97. The molecule has 196 valence electrons.